The van der Waals surface area contributed by atoms with Crippen molar-refractivity contribution in [3.05, 3.63) is 53.9 Å². The van der Waals surface area contributed by atoms with Gasteiger partial charge in [0.2, 0.25) is 5.88 Å². The number of rotatable bonds is 5. The minimum Gasteiger partial charge on any atom is -0.497 e. The Bertz CT molecular complexity index is 978. The van der Waals surface area contributed by atoms with E-state index in [0.717, 1.165) is 29.8 Å². The molecule has 0 aliphatic carbocycles. The molecule has 150 valence electrons. The topological polar surface area (TPSA) is 93.2 Å². The van der Waals surface area contributed by atoms with Crippen LogP contribution in [0.1, 0.15) is 29.0 Å². The number of benzene rings is 1. The van der Waals surface area contributed by atoms with Crippen molar-refractivity contribution in [1.82, 2.24) is 25.3 Å². The van der Waals surface area contributed by atoms with E-state index in [4.69, 9.17) is 9.47 Å². The van der Waals surface area contributed by atoms with Crippen LogP contribution in [0.5, 0.6) is 11.6 Å². The summed E-state index contributed by atoms with van der Waals surface area (Å²) >= 11 is 0. The largest absolute Gasteiger partial charge is 0.497 e. The lowest BCUT2D eigenvalue weighted by Crippen LogP contribution is -2.42. The number of methoxy groups -OCH3 is 1. The number of nitrogens with one attached hydrogen (secondary N) is 1. The van der Waals surface area contributed by atoms with Crippen molar-refractivity contribution in [2.45, 2.75) is 25.9 Å². The lowest BCUT2D eigenvalue weighted by atomic mass is 10.1. The van der Waals surface area contributed by atoms with Gasteiger partial charge in [0.05, 0.1) is 18.5 Å². The fourth-order valence-electron chi connectivity index (χ4n) is 3.33. The SMILES string of the molecule is COc1cccc(-c2cc(C(=O)N3CCC(Oc4ccc(C)nn4)CC3)[nH]n2)c1. The predicted octanol–water partition coefficient (Wildman–Crippen LogP) is 2.87. The number of hydrogen-bond acceptors (Lipinski definition) is 6. The molecule has 1 saturated heterocycles. The van der Waals surface area contributed by atoms with Crippen molar-refractivity contribution in [1.29, 1.82) is 0 Å². The molecular formula is C21H23N5O3. The summed E-state index contributed by atoms with van der Waals surface area (Å²) in [5.41, 5.74) is 2.94. The second-order valence-corrected chi connectivity index (χ2v) is 7.02. The molecule has 8 nitrogen and oxygen atoms in total. The average Bonchev–Trinajstić information content (AvgIpc) is 3.26. The first-order valence-corrected chi connectivity index (χ1v) is 9.58. The number of aromatic amines is 1. The number of amides is 1. The highest BCUT2D eigenvalue weighted by Gasteiger charge is 2.26. The van der Waals surface area contributed by atoms with Gasteiger partial charge in [-0.3, -0.25) is 9.89 Å². The van der Waals surface area contributed by atoms with Crippen molar-refractivity contribution in [3.63, 3.8) is 0 Å². The van der Waals surface area contributed by atoms with Crippen molar-refractivity contribution in [2.75, 3.05) is 20.2 Å². The number of nitrogens with zero attached hydrogens (tertiary/aromatic N) is 4. The van der Waals surface area contributed by atoms with E-state index < -0.39 is 0 Å². The minimum atomic E-state index is -0.0553. The highest BCUT2D eigenvalue weighted by Crippen LogP contribution is 2.24. The summed E-state index contributed by atoms with van der Waals surface area (Å²) in [6.07, 6.45) is 1.53. The molecule has 1 aromatic carbocycles. The number of carbonyl (C=O) groups is 1. The third-order valence-electron chi connectivity index (χ3n) is 4.96. The maximum Gasteiger partial charge on any atom is 0.271 e. The van der Waals surface area contributed by atoms with Gasteiger partial charge < -0.3 is 14.4 Å². The van der Waals surface area contributed by atoms with Crippen LogP contribution in [0.3, 0.4) is 0 Å². The smallest absolute Gasteiger partial charge is 0.271 e. The molecule has 8 heteroatoms. The second-order valence-electron chi connectivity index (χ2n) is 7.02. The van der Waals surface area contributed by atoms with Crippen LogP contribution < -0.4 is 9.47 Å². The van der Waals surface area contributed by atoms with Gasteiger partial charge in [-0.1, -0.05) is 12.1 Å². The summed E-state index contributed by atoms with van der Waals surface area (Å²) in [7, 11) is 1.62. The number of hydrogen-bond donors (Lipinski definition) is 1. The van der Waals surface area contributed by atoms with E-state index in [1.54, 1.807) is 13.2 Å². The molecule has 0 spiro atoms. The molecule has 3 heterocycles. The summed E-state index contributed by atoms with van der Waals surface area (Å²) in [6, 6.07) is 13.1. The lowest BCUT2D eigenvalue weighted by molar-refractivity contribution is 0.0580. The van der Waals surface area contributed by atoms with E-state index in [0.29, 0.717) is 30.4 Å². The zero-order chi connectivity index (χ0) is 20.2. The van der Waals surface area contributed by atoms with E-state index in [9.17, 15) is 4.79 Å². The van der Waals surface area contributed by atoms with Gasteiger partial charge in [-0.05, 0) is 31.2 Å². The summed E-state index contributed by atoms with van der Waals surface area (Å²) in [4.78, 5) is 14.7. The van der Waals surface area contributed by atoms with Crippen molar-refractivity contribution in [2.24, 2.45) is 0 Å². The molecule has 0 atom stereocenters. The van der Waals surface area contributed by atoms with E-state index in [2.05, 4.69) is 20.4 Å². The quantitative estimate of drug-likeness (QED) is 0.716. The van der Waals surface area contributed by atoms with E-state index in [-0.39, 0.29) is 12.0 Å². The Morgan fingerprint density at radius 3 is 2.69 bits per heavy atom. The van der Waals surface area contributed by atoms with Gasteiger partial charge in [0.1, 0.15) is 17.5 Å². The second kappa shape index (κ2) is 8.30. The van der Waals surface area contributed by atoms with Gasteiger partial charge in [0, 0.05) is 37.6 Å². The zero-order valence-corrected chi connectivity index (χ0v) is 16.5. The molecule has 29 heavy (non-hydrogen) atoms. The van der Waals surface area contributed by atoms with Crippen molar-refractivity contribution >= 4 is 5.91 Å². The fourth-order valence-corrected chi connectivity index (χ4v) is 3.33. The molecule has 1 amide bonds. The van der Waals surface area contributed by atoms with Gasteiger partial charge in [-0.2, -0.15) is 10.2 Å². The van der Waals surface area contributed by atoms with Crippen LogP contribution in [0, 0.1) is 6.92 Å². The van der Waals surface area contributed by atoms with Crippen LogP contribution in [-0.2, 0) is 0 Å². The Hall–Kier alpha value is -3.42. The van der Waals surface area contributed by atoms with E-state index in [1.165, 1.54) is 0 Å². The minimum absolute atomic E-state index is 0.0326. The third kappa shape index (κ3) is 4.37. The standard InChI is InChI=1S/C21H23N5O3/c1-14-6-7-20(25-22-14)29-16-8-10-26(11-9-16)21(27)19-13-18(23-24-19)15-4-3-5-17(12-15)28-2/h3-7,12-13,16H,8-11H2,1-2H3,(H,23,24). The number of aryl methyl sites for hydroxylation is 1. The van der Waals surface area contributed by atoms with E-state index in [1.807, 2.05) is 48.2 Å². The number of carbonyl (C=O) groups excluding carboxylic acids is 1. The highest BCUT2D eigenvalue weighted by molar-refractivity contribution is 5.93. The Morgan fingerprint density at radius 1 is 1.14 bits per heavy atom. The number of H-pyrrole nitrogens is 1. The first-order valence-electron chi connectivity index (χ1n) is 9.58. The predicted molar refractivity (Wildman–Crippen MR) is 107 cm³/mol. The van der Waals surface area contributed by atoms with Crippen molar-refractivity contribution in [3.8, 4) is 22.9 Å². The maximum atomic E-state index is 12.8. The number of ether oxygens (including phenoxy) is 2. The number of likely N-dealkylation sites (tertiary alicyclic amines) is 1. The molecule has 1 aliphatic rings. The molecule has 2 aromatic heterocycles. The molecule has 4 rings (SSSR count). The van der Waals surface area contributed by atoms with Crippen molar-refractivity contribution < 1.29 is 14.3 Å². The van der Waals surface area contributed by atoms with Crippen LogP contribution in [-0.4, -0.2) is 57.5 Å². The number of aromatic nitrogens is 4. The molecule has 0 radical (unpaired) electrons. The highest BCUT2D eigenvalue weighted by atomic mass is 16.5. The van der Waals surface area contributed by atoms with Crippen LogP contribution in [0.25, 0.3) is 11.3 Å². The lowest BCUT2D eigenvalue weighted by Gasteiger charge is -2.31. The van der Waals surface area contributed by atoms with Gasteiger partial charge in [0.25, 0.3) is 5.91 Å². The van der Waals surface area contributed by atoms with Crippen LogP contribution in [0.2, 0.25) is 0 Å². The Morgan fingerprint density at radius 2 is 1.97 bits per heavy atom. The molecule has 3 aromatic rings. The van der Waals surface area contributed by atoms with Crippen LogP contribution in [0.15, 0.2) is 42.5 Å². The van der Waals surface area contributed by atoms with Crippen LogP contribution in [0.4, 0.5) is 0 Å². The average molecular weight is 393 g/mol. The molecule has 1 fully saturated rings. The first-order chi connectivity index (χ1) is 14.1. The molecular weight excluding hydrogens is 370 g/mol. The Labute approximate surface area is 168 Å². The van der Waals surface area contributed by atoms with Gasteiger partial charge >= 0.3 is 0 Å². The Kier molecular flexibility index (Phi) is 5.41. The van der Waals surface area contributed by atoms with Gasteiger partial charge in [0.15, 0.2) is 0 Å². The Balaban J connectivity index is 1.36. The van der Waals surface area contributed by atoms with Gasteiger partial charge in [-0.25, -0.2) is 0 Å². The fraction of sp³-hybridized carbons (Fsp3) is 0.333. The maximum absolute atomic E-state index is 12.8. The summed E-state index contributed by atoms with van der Waals surface area (Å²) in [5.74, 6) is 1.22. The normalized spacial score (nSPS) is 14.6. The monoisotopic (exact) mass is 393 g/mol. The number of piperidine rings is 1. The molecule has 0 bridgehead atoms. The third-order valence-corrected chi connectivity index (χ3v) is 4.96. The first kappa shape index (κ1) is 18.9. The summed E-state index contributed by atoms with van der Waals surface area (Å²) in [5, 5.41) is 15.2. The van der Waals surface area contributed by atoms with Crippen LogP contribution >= 0.6 is 0 Å². The van der Waals surface area contributed by atoms with E-state index >= 15 is 0 Å². The summed E-state index contributed by atoms with van der Waals surface area (Å²) in [6.45, 7) is 3.13. The molecule has 1 aliphatic heterocycles. The molecule has 0 unspecified atom stereocenters. The molecule has 0 saturated carbocycles. The summed E-state index contributed by atoms with van der Waals surface area (Å²) < 4.78 is 11.1. The zero-order valence-electron chi connectivity index (χ0n) is 16.5. The molecule has 1 N–H and O–H groups in total. The van der Waals surface area contributed by atoms with Gasteiger partial charge in [-0.15, -0.1) is 5.10 Å².